The van der Waals surface area contributed by atoms with E-state index >= 15 is 0 Å². The summed E-state index contributed by atoms with van der Waals surface area (Å²) in [4.78, 5) is 12.1. The van der Waals surface area contributed by atoms with E-state index in [1.807, 2.05) is 53.2 Å². The molecule has 0 saturated carbocycles. The molecule has 0 unspecified atom stereocenters. The maximum atomic E-state index is 12.1. The van der Waals surface area contributed by atoms with Crippen molar-refractivity contribution in [1.29, 1.82) is 0 Å². The first-order chi connectivity index (χ1) is 9.81. The molecule has 0 aliphatic rings. The molecule has 3 heteroatoms. The van der Waals surface area contributed by atoms with Crippen LogP contribution in [-0.4, -0.2) is 12.6 Å². The van der Waals surface area contributed by atoms with Gasteiger partial charge < -0.3 is 4.74 Å². The van der Waals surface area contributed by atoms with Gasteiger partial charge in [-0.3, -0.25) is 0 Å². The standard InChI is InChI=1S/C17H20NO2/c1-2-3-13-20-17(19)16-11-7-8-12-18(16)14-15-9-5-4-6-10-15/h4-12H,2-3,13-14H2,1H3/q+1. The summed E-state index contributed by atoms with van der Waals surface area (Å²) in [5, 5.41) is 0. The zero-order chi connectivity index (χ0) is 14.2. The van der Waals surface area contributed by atoms with Gasteiger partial charge in [-0.05, 0) is 12.5 Å². The molecule has 2 rings (SSSR count). The van der Waals surface area contributed by atoms with Gasteiger partial charge in [0.15, 0.2) is 12.7 Å². The molecule has 1 aromatic heterocycles. The fraction of sp³-hybridized carbons (Fsp3) is 0.294. The number of ether oxygens (including phenoxy) is 1. The van der Waals surface area contributed by atoms with Crippen LogP contribution in [0.15, 0.2) is 54.7 Å². The van der Waals surface area contributed by atoms with E-state index in [2.05, 4.69) is 6.92 Å². The van der Waals surface area contributed by atoms with Gasteiger partial charge in [0.25, 0.3) is 5.69 Å². The highest BCUT2D eigenvalue weighted by molar-refractivity contribution is 5.85. The van der Waals surface area contributed by atoms with Gasteiger partial charge in [0.2, 0.25) is 0 Å². The molecule has 0 bridgehead atoms. The molecular weight excluding hydrogens is 250 g/mol. The van der Waals surface area contributed by atoms with Crippen molar-refractivity contribution in [3.8, 4) is 0 Å². The molecule has 0 aliphatic heterocycles. The largest absolute Gasteiger partial charge is 0.458 e. The molecule has 0 aliphatic carbocycles. The van der Waals surface area contributed by atoms with Crippen LogP contribution in [0.4, 0.5) is 0 Å². The van der Waals surface area contributed by atoms with E-state index in [4.69, 9.17) is 4.74 Å². The Morgan fingerprint density at radius 1 is 1.10 bits per heavy atom. The molecule has 1 aromatic carbocycles. The Kier molecular flexibility index (Phi) is 5.30. The van der Waals surface area contributed by atoms with Crippen LogP contribution in [0.25, 0.3) is 0 Å². The first-order valence-corrected chi connectivity index (χ1v) is 7.00. The summed E-state index contributed by atoms with van der Waals surface area (Å²) in [5.41, 5.74) is 1.75. The Labute approximate surface area is 119 Å². The van der Waals surface area contributed by atoms with Crippen molar-refractivity contribution < 1.29 is 14.1 Å². The fourth-order valence-corrected chi connectivity index (χ4v) is 1.96. The average molecular weight is 270 g/mol. The molecular formula is C17H20NO2+. The van der Waals surface area contributed by atoms with Crippen LogP contribution in [-0.2, 0) is 11.3 Å². The molecule has 0 atom stereocenters. The van der Waals surface area contributed by atoms with Crippen molar-refractivity contribution >= 4 is 5.97 Å². The molecule has 0 N–H and O–H groups in total. The summed E-state index contributed by atoms with van der Waals surface area (Å²) in [6.07, 6.45) is 3.83. The Morgan fingerprint density at radius 2 is 1.85 bits per heavy atom. The minimum atomic E-state index is -0.255. The van der Waals surface area contributed by atoms with Crippen molar-refractivity contribution in [3.05, 3.63) is 66.0 Å². The SMILES string of the molecule is CCCCOC(=O)c1cccc[n+]1Cc1ccccc1. The lowest BCUT2D eigenvalue weighted by atomic mass is 10.2. The van der Waals surface area contributed by atoms with E-state index in [-0.39, 0.29) is 5.97 Å². The molecule has 20 heavy (non-hydrogen) atoms. The Hall–Kier alpha value is -2.16. The number of carbonyl (C=O) groups excluding carboxylic acids is 1. The van der Waals surface area contributed by atoms with E-state index in [1.165, 1.54) is 0 Å². The van der Waals surface area contributed by atoms with E-state index in [0.29, 0.717) is 18.8 Å². The highest BCUT2D eigenvalue weighted by Crippen LogP contribution is 2.02. The predicted octanol–water partition coefficient (Wildman–Crippen LogP) is 2.98. The van der Waals surface area contributed by atoms with Crippen molar-refractivity contribution in [2.24, 2.45) is 0 Å². The van der Waals surface area contributed by atoms with Gasteiger partial charge in [-0.2, -0.15) is 4.57 Å². The number of pyridine rings is 1. The third-order valence-electron chi connectivity index (χ3n) is 3.08. The highest BCUT2D eigenvalue weighted by atomic mass is 16.5. The number of hydrogen-bond donors (Lipinski definition) is 0. The molecule has 0 amide bonds. The lowest BCUT2D eigenvalue weighted by molar-refractivity contribution is -0.690. The third-order valence-corrected chi connectivity index (χ3v) is 3.08. The van der Waals surface area contributed by atoms with Gasteiger partial charge in [-0.25, -0.2) is 4.79 Å². The first-order valence-electron chi connectivity index (χ1n) is 7.00. The zero-order valence-corrected chi connectivity index (χ0v) is 11.8. The second-order valence-electron chi connectivity index (χ2n) is 4.69. The molecule has 0 fully saturated rings. The Bertz CT molecular complexity index is 552. The van der Waals surface area contributed by atoms with E-state index < -0.39 is 0 Å². The van der Waals surface area contributed by atoms with Crippen LogP contribution in [0.5, 0.6) is 0 Å². The molecule has 104 valence electrons. The summed E-state index contributed by atoms with van der Waals surface area (Å²) in [7, 11) is 0. The number of unbranched alkanes of at least 4 members (excludes halogenated alkanes) is 1. The summed E-state index contributed by atoms with van der Waals surface area (Å²) in [6, 6.07) is 15.7. The van der Waals surface area contributed by atoms with Gasteiger partial charge in [0.05, 0.1) is 6.61 Å². The number of benzene rings is 1. The summed E-state index contributed by atoms with van der Waals surface area (Å²) in [6.45, 7) is 3.22. The van der Waals surface area contributed by atoms with Crippen molar-refractivity contribution in [3.63, 3.8) is 0 Å². The molecule has 0 saturated heterocycles. The third kappa shape index (κ3) is 3.92. The van der Waals surface area contributed by atoms with Crippen molar-refractivity contribution in [1.82, 2.24) is 0 Å². The number of rotatable bonds is 6. The number of esters is 1. The van der Waals surface area contributed by atoms with Crippen LogP contribution in [0.3, 0.4) is 0 Å². The number of aromatic nitrogens is 1. The smallest absolute Gasteiger partial charge is 0.403 e. The second-order valence-corrected chi connectivity index (χ2v) is 4.69. The number of hydrogen-bond acceptors (Lipinski definition) is 2. The summed E-state index contributed by atoms with van der Waals surface area (Å²) < 4.78 is 7.21. The van der Waals surface area contributed by atoms with Crippen LogP contribution in [0.2, 0.25) is 0 Å². The molecule has 0 radical (unpaired) electrons. The van der Waals surface area contributed by atoms with E-state index in [1.54, 1.807) is 6.07 Å². The minimum absolute atomic E-state index is 0.255. The van der Waals surface area contributed by atoms with Crippen LogP contribution >= 0.6 is 0 Å². The van der Waals surface area contributed by atoms with Gasteiger partial charge in [-0.15, -0.1) is 0 Å². The fourth-order valence-electron chi connectivity index (χ4n) is 1.96. The van der Waals surface area contributed by atoms with Gasteiger partial charge in [0, 0.05) is 17.7 Å². The first kappa shape index (κ1) is 14.3. The van der Waals surface area contributed by atoms with Crippen molar-refractivity contribution in [2.45, 2.75) is 26.3 Å². The quantitative estimate of drug-likeness (QED) is 0.459. The summed E-state index contributed by atoms with van der Waals surface area (Å²) in [5.74, 6) is -0.255. The van der Waals surface area contributed by atoms with Gasteiger partial charge in [-0.1, -0.05) is 43.7 Å². The zero-order valence-electron chi connectivity index (χ0n) is 11.8. The van der Waals surface area contributed by atoms with E-state index in [0.717, 1.165) is 18.4 Å². The molecule has 3 nitrogen and oxygen atoms in total. The van der Waals surface area contributed by atoms with Crippen LogP contribution in [0.1, 0.15) is 35.8 Å². The lowest BCUT2D eigenvalue weighted by Crippen LogP contribution is -2.41. The van der Waals surface area contributed by atoms with Crippen molar-refractivity contribution in [2.75, 3.05) is 6.61 Å². The number of carbonyl (C=O) groups is 1. The molecule has 1 heterocycles. The number of nitrogens with zero attached hydrogens (tertiary/aromatic N) is 1. The average Bonchev–Trinajstić information content (AvgIpc) is 2.49. The maximum absolute atomic E-state index is 12.1. The Morgan fingerprint density at radius 3 is 2.60 bits per heavy atom. The molecule has 2 aromatic rings. The normalized spacial score (nSPS) is 10.2. The van der Waals surface area contributed by atoms with Crippen LogP contribution < -0.4 is 4.57 Å². The lowest BCUT2D eigenvalue weighted by Gasteiger charge is -2.04. The predicted molar refractivity (Wildman–Crippen MR) is 77.4 cm³/mol. The minimum Gasteiger partial charge on any atom is -0.458 e. The topological polar surface area (TPSA) is 30.2 Å². The van der Waals surface area contributed by atoms with Gasteiger partial charge in [0.1, 0.15) is 0 Å². The summed E-state index contributed by atoms with van der Waals surface area (Å²) >= 11 is 0. The molecule has 0 spiro atoms. The van der Waals surface area contributed by atoms with E-state index in [9.17, 15) is 4.79 Å². The van der Waals surface area contributed by atoms with Crippen LogP contribution in [0, 0.1) is 0 Å². The maximum Gasteiger partial charge on any atom is 0.403 e. The Balaban J connectivity index is 2.11. The van der Waals surface area contributed by atoms with Gasteiger partial charge >= 0.3 is 5.97 Å². The second kappa shape index (κ2) is 7.43. The monoisotopic (exact) mass is 270 g/mol. The highest BCUT2D eigenvalue weighted by Gasteiger charge is 2.19.